The van der Waals surface area contributed by atoms with Gasteiger partial charge in [-0.15, -0.1) is 11.3 Å². The van der Waals surface area contributed by atoms with Crippen LogP contribution in [0.2, 0.25) is 0 Å². The zero-order chi connectivity index (χ0) is 10.1. The molecule has 0 radical (unpaired) electrons. The molecule has 2 aromatic rings. The number of nitriles is 1. The first-order valence-electron chi connectivity index (χ1n) is 4.47. The van der Waals surface area contributed by atoms with E-state index in [1.54, 1.807) is 0 Å². The molecular formula is C11H10N2S. The van der Waals surface area contributed by atoms with Crippen LogP contribution in [0, 0.1) is 11.3 Å². The average Bonchev–Trinajstić information content (AvgIpc) is 2.62. The Kier molecular flexibility index (Phi) is 2.14. The van der Waals surface area contributed by atoms with Crippen molar-refractivity contribution in [1.29, 1.82) is 5.26 Å². The van der Waals surface area contributed by atoms with Gasteiger partial charge in [-0.3, -0.25) is 0 Å². The third kappa shape index (κ3) is 1.24. The van der Waals surface area contributed by atoms with Crippen LogP contribution in [0.4, 0.5) is 5.69 Å². The fourth-order valence-electron chi connectivity index (χ4n) is 1.53. The Morgan fingerprint density at radius 2 is 2.29 bits per heavy atom. The Bertz CT molecular complexity index is 520. The second-order valence-electron chi connectivity index (χ2n) is 3.13. The quantitative estimate of drug-likeness (QED) is 0.723. The van der Waals surface area contributed by atoms with Gasteiger partial charge in [-0.1, -0.05) is 19.1 Å². The van der Waals surface area contributed by atoms with Crippen LogP contribution in [0.1, 0.15) is 17.4 Å². The van der Waals surface area contributed by atoms with Crippen molar-refractivity contribution in [3.8, 4) is 6.07 Å². The van der Waals surface area contributed by atoms with E-state index in [4.69, 9.17) is 11.0 Å². The van der Waals surface area contributed by atoms with Crippen LogP contribution in [-0.4, -0.2) is 0 Å². The Morgan fingerprint density at radius 3 is 2.93 bits per heavy atom. The first-order chi connectivity index (χ1) is 6.76. The SMILES string of the molecule is CCc1ccc2cc(C#N)sc2c1N. The second-order valence-corrected chi connectivity index (χ2v) is 4.18. The van der Waals surface area contributed by atoms with Gasteiger partial charge in [-0.2, -0.15) is 5.26 Å². The van der Waals surface area contributed by atoms with Crippen LogP contribution in [0.3, 0.4) is 0 Å². The summed E-state index contributed by atoms with van der Waals surface area (Å²) in [4.78, 5) is 0.722. The summed E-state index contributed by atoms with van der Waals surface area (Å²) in [5.74, 6) is 0. The number of anilines is 1. The van der Waals surface area contributed by atoms with Crippen molar-refractivity contribution in [2.45, 2.75) is 13.3 Å². The summed E-state index contributed by atoms with van der Waals surface area (Å²) in [6.45, 7) is 2.08. The molecule has 1 aromatic heterocycles. The Labute approximate surface area is 86.6 Å². The van der Waals surface area contributed by atoms with E-state index in [1.807, 2.05) is 18.2 Å². The van der Waals surface area contributed by atoms with Gasteiger partial charge in [-0.25, -0.2) is 0 Å². The maximum atomic E-state index is 8.78. The molecule has 14 heavy (non-hydrogen) atoms. The fraction of sp³-hybridized carbons (Fsp3) is 0.182. The minimum atomic E-state index is 0.722. The molecule has 0 unspecified atom stereocenters. The maximum absolute atomic E-state index is 8.78. The van der Waals surface area contributed by atoms with Gasteiger partial charge in [0.05, 0.1) is 10.4 Å². The third-order valence-corrected chi connectivity index (χ3v) is 3.40. The Hall–Kier alpha value is -1.53. The topological polar surface area (TPSA) is 49.8 Å². The van der Waals surface area contributed by atoms with E-state index in [0.29, 0.717) is 0 Å². The lowest BCUT2D eigenvalue weighted by Gasteiger charge is -2.02. The lowest BCUT2D eigenvalue weighted by molar-refractivity contribution is 1.15. The summed E-state index contributed by atoms with van der Waals surface area (Å²) >= 11 is 1.47. The molecule has 2 rings (SSSR count). The standard InChI is InChI=1S/C11H10N2S/c1-2-7-3-4-8-5-9(6-12)14-11(8)10(7)13/h3-5H,2,13H2,1H3. The van der Waals surface area contributed by atoms with Gasteiger partial charge in [0.2, 0.25) is 0 Å². The van der Waals surface area contributed by atoms with Crippen LogP contribution < -0.4 is 5.73 Å². The molecule has 0 aliphatic heterocycles. The molecule has 0 saturated heterocycles. The first kappa shape index (κ1) is 9.04. The number of hydrogen-bond donors (Lipinski definition) is 1. The molecular weight excluding hydrogens is 192 g/mol. The predicted molar refractivity (Wildman–Crippen MR) is 60.3 cm³/mol. The highest BCUT2D eigenvalue weighted by molar-refractivity contribution is 7.20. The van der Waals surface area contributed by atoms with Crippen LogP contribution >= 0.6 is 11.3 Å². The number of nitrogen functional groups attached to an aromatic ring is 1. The molecule has 3 heteroatoms. The zero-order valence-electron chi connectivity index (χ0n) is 7.87. The summed E-state index contributed by atoms with van der Waals surface area (Å²) in [6.07, 6.45) is 0.932. The number of thiophene rings is 1. The number of benzene rings is 1. The lowest BCUT2D eigenvalue weighted by Crippen LogP contribution is -1.91. The molecule has 2 N–H and O–H groups in total. The van der Waals surface area contributed by atoms with Crippen molar-refractivity contribution in [1.82, 2.24) is 0 Å². The highest BCUT2D eigenvalue weighted by atomic mass is 32.1. The zero-order valence-corrected chi connectivity index (χ0v) is 8.69. The molecule has 70 valence electrons. The molecule has 0 atom stereocenters. The molecule has 1 heterocycles. The number of aryl methyl sites for hydroxylation is 1. The van der Waals surface area contributed by atoms with E-state index in [2.05, 4.69) is 13.0 Å². The highest BCUT2D eigenvalue weighted by Crippen LogP contribution is 2.32. The minimum Gasteiger partial charge on any atom is -0.397 e. The largest absolute Gasteiger partial charge is 0.397 e. The fourth-order valence-corrected chi connectivity index (χ4v) is 2.47. The van der Waals surface area contributed by atoms with Crippen molar-refractivity contribution in [2.75, 3.05) is 5.73 Å². The van der Waals surface area contributed by atoms with Gasteiger partial charge in [0, 0.05) is 0 Å². The predicted octanol–water partition coefficient (Wildman–Crippen LogP) is 2.92. The molecule has 0 saturated carbocycles. The van der Waals surface area contributed by atoms with Crippen molar-refractivity contribution >= 4 is 27.1 Å². The lowest BCUT2D eigenvalue weighted by atomic mass is 10.1. The summed E-state index contributed by atoms with van der Waals surface area (Å²) in [5.41, 5.74) is 7.98. The Morgan fingerprint density at radius 1 is 1.50 bits per heavy atom. The van der Waals surface area contributed by atoms with Crippen LogP contribution in [0.25, 0.3) is 10.1 Å². The average molecular weight is 202 g/mol. The molecule has 2 nitrogen and oxygen atoms in total. The number of hydrogen-bond acceptors (Lipinski definition) is 3. The van der Waals surface area contributed by atoms with E-state index >= 15 is 0 Å². The van der Waals surface area contributed by atoms with E-state index < -0.39 is 0 Å². The van der Waals surface area contributed by atoms with E-state index in [-0.39, 0.29) is 0 Å². The summed E-state index contributed by atoms with van der Waals surface area (Å²) in [6, 6.07) is 8.09. The maximum Gasteiger partial charge on any atom is 0.110 e. The Balaban J connectivity index is 2.76. The van der Waals surface area contributed by atoms with Gasteiger partial charge >= 0.3 is 0 Å². The van der Waals surface area contributed by atoms with Gasteiger partial charge in [0.1, 0.15) is 10.9 Å². The summed E-state index contributed by atoms with van der Waals surface area (Å²) in [5, 5.41) is 9.85. The molecule has 0 amide bonds. The first-order valence-corrected chi connectivity index (χ1v) is 5.29. The number of nitrogens with zero attached hydrogens (tertiary/aromatic N) is 1. The number of fused-ring (bicyclic) bond motifs is 1. The van der Waals surface area contributed by atoms with Crippen molar-refractivity contribution in [3.05, 3.63) is 28.6 Å². The normalized spacial score (nSPS) is 10.3. The highest BCUT2D eigenvalue weighted by Gasteiger charge is 2.06. The smallest absolute Gasteiger partial charge is 0.110 e. The number of rotatable bonds is 1. The molecule has 1 aromatic carbocycles. The van der Waals surface area contributed by atoms with E-state index in [9.17, 15) is 0 Å². The van der Waals surface area contributed by atoms with Crippen LogP contribution in [-0.2, 0) is 6.42 Å². The minimum absolute atomic E-state index is 0.722. The van der Waals surface area contributed by atoms with Gasteiger partial charge in [0.25, 0.3) is 0 Å². The van der Waals surface area contributed by atoms with Crippen molar-refractivity contribution in [3.63, 3.8) is 0 Å². The van der Waals surface area contributed by atoms with Crippen LogP contribution in [0.15, 0.2) is 18.2 Å². The molecule has 0 bridgehead atoms. The van der Waals surface area contributed by atoms with Gasteiger partial charge in [-0.05, 0) is 23.4 Å². The second kappa shape index (κ2) is 3.32. The van der Waals surface area contributed by atoms with Crippen molar-refractivity contribution in [2.24, 2.45) is 0 Å². The van der Waals surface area contributed by atoms with E-state index in [1.165, 1.54) is 11.3 Å². The third-order valence-electron chi connectivity index (χ3n) is 2.31. The molecule has 0 aliphatic rings. The van der Waals surface area contributed by atoms with Crippen LogP contribution in [0.5, 0.6) is 0 Å². The molecule has 0 fully saturated rings. The summed E-state index contributed by atoms with van der Waals surface area (Å²) in [7, 11) is 0. The van der Waals surface area contributed by atoms with Gasteiger partial charge in [0.15, 0.2) is 0 Å². The molecule has 0 spiro atoms. The van der Waals surface area contributed by atoms with Gasteiger partial charge < -0.3 is 5.73 Å². The summed E-state index contributed by atoms with van der Waals surface area (Å²) < 4.78 is 1.04. The van der Waals surface area contributed by atoms with Crippen molar-refractivity contribution < 1.29 is 0 Å². The monoisotopic (exact) mass is 202 g/mol. The molecule has 0 aliphatic carbocycles. The van der Waals surface area contributed by atoms with E-state index in [0.717, 1.165) is 32.6 Å². The number of nitrogens with two attached hydrogens (primary N) is 1.